The summed E-state index contributed by atoms with van der Waals surface area (Å²) in [5.74, 6) is -0.267. The summed E-state index contributed by atoms with van der Waals surface area (Å²) in [6, 6.07) is 0. The van der Waals surface area contributed by atoms with E-state index in [-0.39, 0.29) is 35.0 Å². The zero-order valence-electron chi connectivity index (χ0n) is 15.5. The van der Waals surface area contributed by atoms with Crippen molar-refractivity contribution in [3.63, 3.8) is 0 Å². The van der Waals surface area contributed by atoms with Gasteiger partial charge in [0, 0.05) is 17.0 Å². The van der Waals surface area contributed by atoms with Crippen LogP contribution in [0.15, 0.2) is 24.3 Å². The van der Waals surface area contributed by atoms with Crippen molar-refractivity contribution in [1.82, 2.24) is 0 Å². The molecule has 150 valence electrons. The standard InChI is InChI=1S/C20H33ClO4S/c1-14(22)7-6-8-15(23)11-12-17-16(18(21)13-19(17)26)9-4-2-3-5-10-20(24)25/h2,4,11-12,14-19,22-23,26H,3,5-10,13H2,1H3,(H,24,25)/t14-,15+,16-,17-,18-,19-/m1/s1. The number of carboxylic acids is 1. The third-order valence-electron chi connectivity index (χ3n) is 4.88. The van der Waals surface area contributed by atoms with E-state index in [1.165, 1.54) is 0 Å². The molecule has 4 nitrogen and oxygen atoms in total. The minimum Gasteiger partial charge on any atom is -0.481 e. The zero-order valence-corrected chi connectivity index (χ0v) is 17.2. The molecule has 0 radical (unpaired) electrons. The number of carboxylic acid groups (broad SMARTS) is 1. The van der Waals surface area contributed by atoms with Crippen molar-refractivity contribution in [3.8, 4) is 0 Å². The Morgan fingerprint density at radius 2 is 2.00 bits per heavy atom. The van der Waals surface area contributed by atoms with E-state index in [4.69, 9.17) is 16.7 Å². The number of hydrogen-bond acceptors (Lipinski definition) is 4. The molecule has 3 N–H and O–H groups in total. The third kappa shape index (κ3) is 9.45. The van der Waals surface area contributed by atoms with Crippen LogP contribution in [0.2, 0.25) is 0 Å². The number of rotatable bonds is 12. The molecule has 0 aromatic heterocycles. The van der Waals surface area contributed by atoms with Gasteiger partial charge in [-0.2, -0.15) is 12.6 Å². The van der Waals surface area contributed by atoms with E-state index in [1.54, 1.807) is 6.92 Å². The number of unbranched alkanes of at least 4 members (excludes halogenated alkanes) is 1. The van der Waals surface area contributed by atoms with Gasteiger partial charge in [0.25, 0.3) is 0 Å². The smallest absolute Gasteiger partial charge is 0.303 e. The van der Waals surface area contributed by atoms with Gasteiger partial charge in [-0.25, -0.2) is 0 Å². The minimum atomic E-state index is -0.759. The highest BCUT2D eigenvalue weighted by Crippen LogP contribution is 2.42. The molecule has 0 aromatic rings. The Kier molecular flexibility index (Phi) is 11.6. The molecule has 1 saturated carbocycles. The van der Waals surface area contributed by atoms with Crippen LogP contribution < -0.4 is 0 Å². The normalized spacial score (nSPS) is 28.8. The van der Waals surface area contributed by atoms with Gasteiger partial charge < -0.3 is 15.3 Å². The SMILES string of the molecule is C[C@@H](O)CCC[C@H](O)C=C[C@@H]1[C@@H](CC=CCCCC(=O)O)[C@H](Cl)C[C@H]1S. The van der Waals surface area contributed by atoms with Crippen molar-refractivity contribution in [3.05, 3.63) is 24.3 Å². The highest BCUT2D eigenvalue weighted by atomic mass is 35.5. The molecule has 0 unspecified atom stereocenters. The van der Waals surface area contributed by atoms with Gasteiger partial charge in [-0.3, -0.25) is 4.79 Å². The first kappa shape index (κ1) is 23.5. The number of hydrogen-bond donors (Lipinski definition) is 4. The van der Waals surface area contributed by atoms with Crippen LogP contribution in [-0.4, -0.2) is 44.1 Å². The van der Waals surface area contributed by atoms with Crippen LogP contribution in [0.5, 0.6) is 0 Å². The first-order valence-electron chi connectivity index (χ1n) is 9.54. The average molecular weight is 405 g/mol. The van der Waals surface area contributed by atoms with Gasteiger partial charge in [-0.1, -0.05) is 24.3 Å². The van der Waals surface area contributed by atoms with Crippen molar-refractivity contribution >= 4 is 30.2 Å². The maximum absolute atomic E-state index is 10.5. The summed E-state index contributed by atoms with van der Waals surface area (Å²) in [5, 5.41) is 28.2. The molecule has 0 heterocycles. The Labute approximate surface area is 167 Å². The molecule has 1 rings (SSSR count). The zero-order chi connectivity index (χ0) is 19.5. The summed E-state index contributed by atoms with van der Waals surface area (Å²) in [7, 11) is 0. The number of allylic oxidation sites excluding steroid dienone is 3. The topological polar surface area (TPSA) is 77.8 Å². The number of aliphatic hydroxyl groups is 2. The summed E-state index contributed by atoms with van der Waals surface area (Å²) in [5.41, 5.74) is 0. The highest BCUT2D eigenvalue weighted by Gasteiger charge is 2.38. The molecule has 0 aromatic carbocycles. The number of halogens is 1. The lowest BCUT2D eigenvalue weighted by molar-refractivity contribution is -0.137. The van der Waals surface area contributed by atoms with Crippen LogP contribution in [-0.2, 0) is 4.79 Å². The van der Waals surface area contributed by atoms with Gasteiger partial charge in [0.2, 0.25) is 0 Å². The quantitative estimate of drug-likeness (QED) is 0.170. The molecule has 0 bridgehead atoms. The molecule has 1 aliphatic rings. The van der Waals surface area contributed by atoms with Crippen LogP contribution in [0.3, 0.4) is 0 Å². The molecule has 0 aliphatic heterocycles. The Balaban J connectivity index is 2.46. The monoisotopic (exact) mass is 404 g/mol. The Morgan fingerprint density at radius 1 is 1.27 bits per heavy atom. The number of aliphatic carboxylic acids is 1. The van der Waals surface area contributed by atoms with Gasteiger partial charge in [-0.05, 0) is 63.7 Å². The first-order valence-corrected chi connectivity index (χ1v) is 10.5. The predicted molar refractivity (Wildman–Crippen MR) is 110 cm³/mol. The number of aliphatic hydroxyl groups excluding tert-OH is 2. The lowest BCUT2D eigenvalue weighted by Gasteiger charge is -2.20. The first-order chi connectivity index (χ1) is 12.3. The summed E-state index contributed by atoms with van der Waals surface area (Å²) < 4.78 is 0. The molecule has 6 atom stereocenters. The Morgan fingerprint density at radius 3 is 2.65 bits per heavy atom. The van der Waals surface area contributed by atoms with Crippen molar-refractivity contribution in [2.75, 3.05) is 0 Å². The van der Waals surface area contributed by atoms with E-state index >= 15 is 0 Å². The Hall–Kier alpha value is -0.490. The average Bonchev–Trinajstić information content (AvgIpc) is 2.81. The minimum absolute atomic E-state index is 0.0585. The van der Waals surface area contributed by atoms with E-state index < -0.39 is 12.1 Å². The van der Waals surface area contributed by atoms with Crippen LogP contribution in [0.25, 0.3) is 0 Å². The summed E-state index contributed by atoms with van der Waals surface area (Å²) >= 11 is 11.2. The van der Waals surface area contributed by atoms with E-state index in [0.717, 1.165) is 25.7 Å². The van der Waals surface area contributed by atoms with Crippen molar-refractivity contribution in [2.24, 2.45) is 11.8 Å². The van der Waals surface area contributed by atoms with E-state index in [2.05, 4.69) is 24.8 Å². The van der Waals surface area contributed by atoms with Crippen LogP contribution in [0, 0.1) is 11.8 Å². The van der Waals surface area contributed by atoms with Gasteiger partial charge in [-0.15, -0.1) is 11.6 Å². The molecule has 1 aliphatic carbocycles. The maximum Gasteiger partial charge on any atom is 0.303 e. The fraction of sp³-hybridized carbons (Fsp3) is 0.750. The van der Waals surface area contributed by atoms with Gasteiger partial charge in [0.15, 0.2) is 0 Å². The fourth-order valence-electron chi connectivity index (χ4n) is 3.38. The third-order valence-corrected chi connectivity index (χ3v) is 5.94. The largest absolute Gasteiger partial charge is 0.481 e. The maximum atomic E-state index is 10.5. The van der Waals surface area contributed by atoms with E-state index in [9.17, 15) is 15.0 Å². The Bertz CT molecular complexity index is 467. The number of thiol groups is 1. The van der Waals surface area contributed by atoms with E-state index in [1.807, 2.05) is 12.2 Å². The van der Waals surface area contributed by atoms with Crippen LogP contribution >= 0.6 is 24.2 Å². The number of alkyl halides is 1. The lowest BCUT2D eigenvalue weighted by atomic mass is 9.91. The molecule has 0 spiro atoms. The highest BCUT2D eigenvalue weighted by molar-refractivity contribution is 7.81. The number of carbonyl (C=O) groups is 1. The molecule has 6 heteroatoms. The second kappa shape index (κ2) is 12.8. The van der Waals surface area contributed by atoms with Gasteiger partial charge in [0.05, 0.1) is 12.2 Å². The van der Waals surface area contributed by atoms with Crippen LogP contribution in [0.4, 0.5) is 0 Å². The fourth-order valence-corrected chi connectivity index (χ4v) is 4.52. The summed E-state index contributed by atoms with van der Waals surface area (Å²) in [6.07, 6.45) is 12.6. The van der Waals surface area contributed by atoms with Gasteiger partial charge in [0.1, 0.15) is 0 Å². The van der Waals surface area contributed by atoms with Crippen LogP contribution in [0.1, 0.15) is 58.3 Å². The second-order valence-electron chi connectivity index (χ2n) is 7.29. The molecular formula is C20H33ClO4S. The molecule has 0 saturated heterocycles. The molecule has 26 heavy (non-hydrogen) atoms. The molecule has 0 amide bonds. The van der Waals surface area contributed by atoms with Gasteiger partial charge >= 0.3 is 5.97 Å². The summed E-state index contributed by atoms with van der Waals surface area (Å²) in [6.45, 7) is 1.76. The predicted octanol–water partition coefficient (Wildman–Crippen LogP) is 4.20. The second-order valence-corrected chi connectivity index (χ2v) is 8.51. The summed E-state index contributed by atoms with van der Waals surface area (Å²) in [4.78, 5) is 10.5. The van der Waals surface area contributed by atoms with Crippen molar-refractivity contribution in [1.29, 1.82) is 0 Å². The molecule has 1 fully saturated rings. The van der Waals surface area contributed by atoms with E-state index in [0.29, 0.717) is 19.3 Å². The lowest BCUT2D eigenvalue weighted by Crippen LogP contribution is -2.16. The molecular weight excluding hydrogens is 372 g/mol. The van der Waals surface area contributed by atoms with Crippen molar-refractivity contribution in [2.45, 2.75) is 81.1 Å². The van der Waals surface area contributed by atoms with Crippen molar-refractivity contribution < 1.29 is 20.1 Å².